The topological polar surface area (TPSA) is 63.0 Å². The van der Waals surface area contributed by atoms with Crippen LogP contribution in [-0.4, -0.2) is 17.2 Å². The average molecular weight is 315 g/mol. The Kier molecular flexibility index (Phi) is 3.93. The van der Waals surface area contributed by atoms with Crippen molar-refractivity contribution in [3.8, 4) is 0 Å². The highest BCUT2D eigenvalue weighted by Gasteiger charge is 2.13. The number of nitrogens with zero attached hydrogens (tertiary/aromatic N) is 2. The first-order valence-electron chi connectivity index (χ1n) is 5.33. The monoisotopic (exact) mass is 314 g/mol. The third kappa shape index (κ3) is 2.85. The van der Waals surface area contributed by atoms with Gasteiger partial charge in [0.25, 0.3) is 0 Å². The first-order chi connectivity index (χ1) is 8.60. The predicted octanol–water partition coefficient (Wildman–Crippen LogP) is 3.00. The smallest absolute Gasteiger partial charge is 0.320 e. The fourth-order valence-electron chi connectivity index (χ4n) is 1.29. The third-order valence-corrected chi connectivity index (χ3v) is 2.91. The maximum Gasteiger partial charge on any atom is 0.320 e. The molecule has 0 fully saturated rings. The van der Waals surface area contributed by atoms with Crippen molar-refractivity contribution in [3.63, 3.8) is 0 Å². The minimum atomic E-state index is -0.389. The number of hydrogen-bond donors (Lipinski definition) is 2. The Balaban J connectivity index is 2.18. The molecule has 0 aliphatic rings. The zero-order valence-electron chi connectivity index (χ0n) is 9.87. The number of aromatic nitrogens is 2. The van der Waals surface area contributed by atoms with Crippen molar-refractivity contribution in [3.05, 3.63) is 34.4 Å². The van der Waals surface area contributed by atoms with Crippen molar-refractivity contribution < 1.29 is 8.81 Å². The number of nitrogens with one attached hydrogen (secondary N) is 2. The molecule has 0 amide bonds. The fourth-order valence-corrected chi connectivity index (χ4v) is 1.65. The minimum Gasteiger partial charge on any atom is -0.406 e. The summed E-state index contributed by atoms with van der Waals surface area (Å²) < 4.78 is 19.6. The van der Waals surface area contributed by atoms with Gasteiger partial charge in [-0.3, -0.25) is 0 Å². The van der Waals surface area contributed by atoms with E-state index >= 15 is 0 Å². The van der Waals surface area contributed by atoms with Crippen LogP contribution >= 0.6 is 15.9 Å². The van der Waals surface area contributed by atoms with Gasteiger partial charge in [0.2, 0.25) is 5.89 Å². The molecule has 5 nitrogen and oxygen atoms in total. The van der Waals surface area contributed by atoms with E-state index in [1.165, 1.54) is 6.07 Å². The van der Waals surface area contributed by atoms with E-state index in [1.54, 1.807) is 19.2 Å². The van der Waals surface area contributed by atoms with E-state index in [-0.39, 0.29) is 23.6 Å². The molecule has 0 aliphatic heterocycles. The van der Waals surface area contributed by atoms with Gasteiger partial charge in [0.05, 0.1) is 11.7 Å². The number of hydrogen-bond acceptors (Lipinski definition) is 5. The van der Waals surface area contributed by atoms with Crippen LogP contribution in [0.4, 0.5) is 16.1 Å². The lowest BCUT2D eigenvalue weighted by atomic mass is 10.3. The number of rotatable bonds is 4. The molecular formula is C11H12BrFN4O. The fraction of sp³-hybridized carbons (Fsp3) is 0.273. The number of anilines is 2. The standard InChI is InChI=1S/C11H12BrFN4O/c1-6(14-2)10-16-17-11(18-10)15-9-5-7(12)3-4-8(9)13/h3-6,14H,1-2H3,(H,15,17). The van der Waals surface area contributed by atoms with E-state index in [0.29, 0.717) is 5.89 Å². The summed E-state index contributed by atoms with van der Waals surface area (Å²) >= 11 is 3.27. The summed E-state index contributed by atoms with van der Waals surface area (Å²) in [6.45, 7) is 1.89. The summed E-state index contributed by atoms with van der Waals surface area (Å²) in [4.78, 5) is 0. The summed E-state index contributed by atoms with van der Waals surface area (Å²) in [5.74, 6) is 0.0509. The van der Waals surface area contributed by atoms with Crippen molar-refractivity contribution in [1.29, 1.82) is 0 Å². The molecule has 1 atom stereocenters. The van der Waals surface area contributed by atoms with E-state index in [1.807, 2.05) is 6.92 Å². The van der Waals surface area contributed by atoms with Crippen LogP contribution in [0, 0.1) is 5.82 Å². The summed E-state index contributed by atoms with van der Waals surface area (Å²) in [6, 6.07) is 4.66. The highest BCUT2D eigenvalue weighted by Crippen LogP contribution is 2.24. The average Bonchev–Trinajstić information content (AvgIpc) is 2.81. The Morgan fingerprint density at radius 1 is 1.39 bits per heavy atom. The van der Waals surface area contributed by atoms with Crippen molar-refractivity contribution in [2.75, 3.05) is 12.4 Å². The summed E-state index contributed by atoms with van der Waals surface area (Å²) in [7, 11) is 1.79. The van der Waals surface area contributed by atoms with Crippen LogP contribution in [0.2, 0.25) is 0 Å². The Morgan fingerprint density at radius 3 is 2.89 bits per heavy atom. The Bertz CT molecular complexity index is 546. The molecule has 1 heterocycles. The van der Waals surface area contributed by atoms with Crippen LogP contribution in [0.1, 0.15) is 18.9 Å². The van der Waals surface area contributed by atoms with Crippen molar-refractivity contribution >= 4 is 27.6 Å². The van der Waals surface area contributed by atoms with Crippen LogP contribution in [0.3, 0.4) is 0 Å². The normalized spacial score (nSPS) is 12.4. The van der Waals surface area contributed by atoms with E-state index in [0.717, 1.165) is 4.47 Å². The molecule has 2 rings (SSSR count). The molecule has 0 bridgehead atoms. The van der Waals surface area contributed by atoms with E-state index in [4.69, 9.17) is 4.42 Å². The second kappa shape index (κ2) is 5.45. The lowest BCUT2D eigenvalue weighted by molar-refractivity contribution is 0.443. The van der Waals surface area contributed by atoms with Gasteiger partial charge >= 0.3 is 6.01 Å². The molecule has 96 valence electrons. The first kappa shape index (κ1) is 13.0. The number of benzene rings is 1. The van der Waals surface area contributed by atoms with Gasteiger partial charge in [0.1, 0.15) is 5.82 Å². The van der Waals surface area contributed by atoms with Gasteiger partial charge in [-0.25, -0.2) is 4.39 Å². The van der Waals surface area contributed by atoms with E-state index in [2.05, 4.69) is 36.8 Å². The Hall–Kier alpha value is -1.47. The molecular weight excluding hydrogens is 303 g/mol. The Labute approximate surface area is 112 Å². The molecule has 0 spiro atoms. The van der Waals surface area contributed by atoms with Crippen LogP contribution in [0.15, 0.2) is 27.1 Å². The zero-order chi connectivity index (χ0) is 13.1. The maximum atomic E-state index is 13.5. The van der Waals surface area contributed by atoms with Crippen LogP contribution in [0.25, 0.3) is 0 Å². The molecule has 1 aromatic carbocycles. The quantitative estimate of drug-likeness (QED) is 0.908. The lowest BCUT2D eigenvalue weighted by Crippen LogP contribution is -2.12. The lowest BCUT2D eigenvalue weighted by Gasteiger charge is -2.04. The molecule has 1 aromatic heterocycles. The van der Waals surface area contributed by atoms with Crippen molar-refractivity contribution in [1.82, 2.24) is 15.5 Å². The van der Waals surface area contributed by atoms with Crippen LogP contribution in [0.5, 0.6) is 0 Å². The highest BCUT2D eigenvalue weighted by atomic mass is 79.9. The number of halogens is 2. The van der Waals surface area contributed by atoms with Gasteiger partial charge in [-0.05, 0) is 32.2 Å². The summed E-state index contributed by atoms with van der Waals surface area (Å²) in [5, 5.41) is 13.4. The molecule has 2 aromatic rings. The van der Waals surface area contributed by atoms with E-state index in [9.17, 15) is 4.39 Å². The van der Waals surface area contributed by atoms with Crippen molar-refractivity contribution in [2.45, 2.75) is 13.0 Å². The molecule has 0 radical (unpaired) electrons. The van der Waals surface area contributed by atoms with Gasteiger partial charge in [-0.15, -0.1) is 5.10 Å². The SMILES string of the molecule is CNC(C)c1nnc(Nc2cc(Br)ccc2F)o1. The second-order valence-corrected chi connectivity index (χ2v) is 4.62. The van der Waals surface area contributed by atoms with Gasteiger partial charge in [-0.1, -0.05) is 21.0 Å². The molecule has 0 saturated carbocycles. The molecule has 1 unspecified atom stereocenters. The van der Waals surface area contributed by atoms with Gasteiger partial charge in [-0.2, -0.15) is 0 Å². The second-order valence-electron chi connectivity index (χ2n) is 3.70. The first-order valence-corrected chi connectivity index (χ1v) is 6.12. The molecule has 18 heavy (non-hydrogen) atoms. The maximum absolute atomic E-state index is 13.5. The summed E-state index contributed by atoms with van der Waals surface area (Å²) in [5.41, 5.74) is 0.275. The molecule has 0 saturated heterocycles. The van der Waals surface area contributed by atoms with Gasteiger partial charge in [0.15, 0.2) is 0 Å². The third-order valence-electron chi connectivity index (χ3n) is 2.41. The highest BCUT2D eigenvalue weighted by molar-refractivity contribution is 9.10. The van der Waals surface area contributed by atoms with E-state index < -0.39 is 0 Å². The minimum absolute atomic E-state index is 0.0552. The Morgan fingerprint density at radius 2 is 2.17 bits per heavy atom. The molecule has 2 N–H and O–H groups in total. The zero-order valence-corrected chi connectivity index (χ0v) is 11.5. The summed E-state index contributed by atoms with van der Waals surface area (Å²) in [6.07, 6.45) is 0. The molecule has 0 aliphatic carbocycles. The predicted molar refractivity (Wildman–Crippen MR) is 69.2 cm³/mol. The van der Waals surface area contributed by atoms with Crippen molar-refractivity contribution in [2.24, 2.45) is 0 Å². The van der Waals surface area contributed by atoms with Gasteiger partial charge < -0.3 is 15.1 Å². The van der Waals surface area contributed by atoms with Crippen LogP contribution < -0.4 is 10.6 Å². The van der Waals surface area contributed by atoms with Crippen LogP contribution in [-0.2, 0) is 0 Å². The largest absolute Gasteiger partial charge is 0.406 e. The van der Waals surface area contributed by atoms with Gasteiger partial charge in [0, 0.05) is 4.47 Å². The molecule has 7 heteroatoms.